The Morgan fingerprint density at radius 1 is 1.26 bits per heavy atom. The SMILES string of the molecule is CC(=O)N1CCN(C[C@H](O)c2ccc(F)cc2)CC1. The molecule has 1 aliphatic rings. The minimum atomic E-state index is -0.621. The number of β-amino-alcohol motifs (C(OH)–C–C–N with tert-alkyl or cyclic N) is 1. The molecule has 0 unspecified atom stereocenters. The van der Waals surface area contributed by atoms with Gasteiger partial charge in [0.2, 0.25) is 5.91 Å². The van der Waals surface area contributed by atoms with E-state index in [4.69, 9.17) is 0 Å². The fraction of sp³-hybridized carbons (Fsp3) is 0.500. The molecule has 0 bridgehead atoms. The maximum Gasteiger partial charge on any atom is 0.219 e. The molecule has 1 N–H and O–H groups in total. The number of nitrogens with zero attached hydrogens (tertiary/aromatic N) is 2. The highest BCUT2D eigenvalue weighted by Crippen LogP contribution is 2.16. The molecule has 1 heterocycles. The zero-order valence-corrected chi connectivity index (χ0v) is 11.1. The number of aliphatic hydroxyl groups excluding tert-OH is 1. The molecular weight excluding hydrogens is 247 g/mol. The van der Waals surface area contributed by atoms with Crippen molar-refractivity contribution < 1.29 is 14.3 Å². The summed E-state index contributed by atoms with van der Waals surface area (Å²) < 4.78 is 12.8. The topological polar surface area (TPSA) is 43.8 Å². The van der Waals surface area contributed by atoms with E-state index in [1.165, 1.54) is 12.1 Å². The molecule has 1 aromatic carbocycles. The number of piperazine rings is 1. The first-order chi connectivity index (χ1) is 9.06. The number of aliphatic hydroxyl groups is 1. The van der Waals surface area contributed by atoms with Crippen LogP contribution in [0.25, 0.3) is 0 Å². The molecule has 0 radical (unpaired) electrons. The second-order valence-corrected chi connectivity index (χ2v) is 4.87. The summed E-state index contributed by atoms with van der Waals surface area (Å²) >= 11 is 0. The number of rotatable bonds is 3. The second-order valence-electron chi connectivity index (χ2n) is 4.87. The van der Waals surface area contributed by atoms with Gasteiger partial charge in [-0.05, 0) is 17.7 Å². The van der Waals surface area contributed by atoms with Crippen LogP contribution in [-0.2, 0) is 4.79 Å². The average Bonchev–Trinajstić information content (AvgIpc) is 2.40. The maximum atomic E-state index is 12.8. The molecule has 0 saturated carbocycles. The molecule has 0 aliphatic carbocycles. The molecule has 4 nitrogen and oxygen atoms in total. The van der Waals surface area contributed by atoms with E-state index in [1.54, 1.807) is 24.0 Å². The Hall–Kier alpha value is -1.46. The lowest BCUT2D eigenvalue weighted by Gasteiger charge is -2.35. The summed E-state index contributed by atoms with van der Waals surface area (Å²) in [5.41, 5.74) is 0.718. The fourth-order valence-electron chi connectivity index (χ4n) is 2.28. The van der Waals surface area contributed by atoms with Crippen LogP contribution in [0.15, 0.2) is 24.3 Å². The van der Waals surface area contributed by atoms with Crippen molar-refractivity contribution >= 4 is 5.91 Å². The van der Waals surface area contributed by atoms with E-state index < -0.39 is 6.10 Å². The minimum Gasteiger partial charge on any atom is -0.387 e. The lowest BCUT2D eigenvalue weighted by Crippen LogP contribution is -2.48. The van der Waals surface area contributed by atoms with E-state index in [1.807, 2.05) is 0 Å². The van der Waals surface area contributed by atoms with Gasteiger partial charge in [0.1, 0.15) is 5.82 Å². The Labute approximate surface area is 112 Å². The van der Waals surface area contributed by atoms with Gasteiger partial charge < -0.3 is 10.0 Å². The van der Waals surface area contributed by atoms with Crippen LogP contribution in [0.4, 0.5) is 4.39 Å². The summed E-state index contributed by atoms with van der Waals surface area (Å²) in [6, 6.07) is 5.91. The lowest BCUT2D eigenvalue weighted by molar-refractivity contribution is -0.130. The molecule has 1 fully saturated rings. The zero-order chi connectivity index (χ0) is 13.8. The first-order valence-corrected chi connectivity index (χ1v) is 6.47. The quantitative estimate of drug-likeness (QED) is 0.888. The van der Waals surface area contributed by atoms with Crippen LogP contribution < -0.4 is 0 Å². The number of benzene rings is 1. The largest absolute Gasteiger partial charge is 0.387 e. The van der Waals surface area contributed by atoms with Crippen LogP contribution in [0.2, 0.25) is 0 Å². The van der Waals surface area contributed by atoms with E-state index in [0.29, 0.717) is 19.6 Å². The molecule has 5 heteroatoms. The smallest absolute Gasteiger partial charge is 0.219 e. The van der Waals surface area contributed by atoms with Crippen molar-refractivity contribution in [2.24, 2.45) is 0 Å². The summed E-state index contributed by atoms with van der Waals surface area (Å²) in [5, 5.41) is 10.1. The third-order valence-corrected chi connectivity index (χ3v) is 3.50. The van der Waals surface area contributed by atoms with Crippen LogP contribution in [0.3, 0.4) is 0 Å². The van der Waals surface area contributed by atoms with Crippen LogP contribution >= 0.6 is 0 Å². The third-order valence-electron chi connectivity index (χ3n) is 3.50. The normalized spacial score (nSPS) is 18.4. The van der Waals surface area contributed by atoms with Gasteiger partial charge in [0.05, 0.1) is 6.10 Å². The number of hydrogen-bond donors (Lipinski definition) is 1. The number of halogens is 1. The molecule has 0 spiro atoms. The van der Waals surface area contributed by atoms with Crippen molar-refractivity contribution in [3.63, 3.8) is 0 Å². The van der Waals surface area contributed by atoms with Gasteiger partial charge in [0.15, 0.2) is 0 Å². The lowest BCUT2D eigenvalue weighted by atomic mass is 10.1. The second kappa shape index (κ2) is 6.12. The first kappa shape index (κ1) is 14.0. The Bertz CT molecular complexity index is 428. The van der Waals surface area contributed by atoms with E-state index in [-0.39, 0.29) is 11.7 Å². The molecular formula is C14H19FN2O2. The van der Waals surface area contributed by atoms with Gasteiger partial charge in [-0.25, -0.2) is 4.39 Å². The van der Waals surface area contributed by atoms with Gasteiger partial charge in [-0.3, -0.25) is 9.69 Å². The highest BCUT2D eigenvalue weighted by Gasteiger charge is 2.20. The van der Waals surface area contributed by atoms with Gasteiger partial charge in [0, 0.05) is 39.6 Å². The summed E-state index contributed by atoms with van der Waals surface area (Å²) in [4.78, 5) is 15.1. The average molecular weight is 266 g/mol. The van der Waals surface area contributed by atoms with Gasteiger partial charge in [-0.15, -0.1) is 0 Å². The van der Waals surface area contributed by atoms with Crippen molar-refractivity contribution in [1.29, 1.82) is 0 Å². The Morgan fingerprint density at radius 3 is 2.37 bits per heavy atom. The zero-order valence-electron chi connectivity index (χ0n) is 11.1. The Kier molecular flexibility index (Phi) is 4.50. The predicted octanol–water partition coefficient (Wildman–Crippen LogP) is 1.02. The van der Waals surface area contributed by atoms with Crippen molar-refractivity contribution in [1.82, 2.24) is 9.80 Å². The van der Waals surface area contributed by atoms with Crippen LogP contribution in [0.1, 0.15) is 18.6 Å². The molecule has 19 heavy (non-hydrogen) atoms. The number of amides is 1. The van der Waals surface area contributed by atoms with Crippen LogP contribution in [0, 0.1) is 5.82 Å². The maximum absolute atomic E-state index is 12.8. The number of carbonyl (C=O) groups excluding carboxylic acids is 1. The number of hydrogen-bond acceptors (Lipinski definition) is 3. The highest BCUT2D eigenvalue weighted by atomic mass is 19.1. The molecule has 1 aromatic rings. The summed E-state index contributed by atoms with van der Waals surface area (Å²) in [5.74, 6) is -0.204. The summed E-state index contributed by atoms with van der Waals surface area (Å²) in [6.45, 7) is 5.01. The van der Waals surface area contributed by atoms with Crippen molar-refractivity contribution in [3.8, 4) is 0 Å². The van der Waals surface area contributed by atoms with E-state index >= 15 is 0 Å². The fourth-order valence-corrected chi connectivity index (χ4v) is 2.28. The highest BCUT2D eigenvalue weighted by molar-refractivity contribution is 5.73. The molecule has 1 atom stereocenters. The molecule has 1 amide bonds. The predicted molar refractivity (Wildman–Crippen MR) is 70.1 cm³/mol. The van der Waals surface area contributed by atoms with Crippen LogP contribution in [0.5, 0.6) is 0 Å². The molecule has 1 saturated heterocycles. The monoisotopic (exact) mass is 266 g/mol. The molecule has 0 aromatic heterocycles. The van der Waals surface area contributed by atoms with E-state index in [9.17, 15) is 14.3 Å². The molecule has 1 aliphatic heterocycles. The first-order valence-electron chi connectivity index (χ1n) is 6.47. The molecule has 104 valence electrons. The van der Waals surface area contributed by atoms with Crippen LogP contribution in [-0.4, -0.2) is 53.5 Å². The van der Waals surface area contributed by atoms with E-state index in [0.717, 1.165) is 18.7 Å². The van der Waals surface area contributed by atoms with Crippen molar-refractivity contribution in [3.05, 3.63) is 35.6 Å². The minimum absolute atomic E-state index is 0.0960. The van der Waals surface area contributed by atoms with E-state index in [2.05, 4.69) is 4.90 Å². The van der Waals surface area contributed by atoms with Gasteiger partial charge in [-0.1, -0.05) is 12.1 Å². The van der Waals surface area contributed by atoms with Gasteiger partial charge >= 0.3 is 0 Å². The van der Waals surface area contributed by atoms with Crippen molar-refractivity contribution in [2.75, 3.05) is 32.7 Å². The standard InChI is InChI=1S/C14H19FN2O2/c1-11(18)17-8-6-16(7-9-17)10-14(19)12-2-4-13(15)5-3-12/h2-5,14,19H,6-10H2,1H3/t14-/m0/s1. The third kappa shape index (κ3) is 3.75. The number of carbonyl (C=O) groups is 1. The van der Waals surface area contributed by atoms with Gasteiger partial charge in [0.25, 0.3) is 0 Å². The Morgan fingerprint density at radius 2 is 1.84 bits per heavy atom. The summed E-state index contributed by atoms with van der Waals surface area (Å²) in [6.07, 6.45) is -0.621. The Balaban J connectivity index is 1.85. The molecule has 2 rings (SSSR count). The van der Waals surface area contributed by atoms with Crippen molar-refractivity contribution in [2.45, 2.75) is 13.0 Å². The van der Waals surface area contributed by atoms with Gasteiger partial charge in [-0.2, -0.15) is 0 Å². The summed E-state index contributed by atoms with van der Waals surface area (Å²) in [7, 11) is 0.